The van der Waals surface area contributed by atoms with Crippen LogP contribution in [-0.4, -0.2) is 35.2 Å². The van der Waals surface area contributed by atoms with Crippen LogP contribution in [0.2, 0.25) is 0 Å². The third-order valence-electron chi connectivity index (χ3n) is 3.52. The molecule has 0 atom stereocenters. The highest BCUT2D eigenvalue weighted by atomic mass is 32.2. The fourth-order valence-corrected chi connectivity index (χ4v) is 3.67. The zero-order chi connectivity index (χ0) is 17.7. The predicted octanol–water partition coefficient (Wildman–Crippen LogP) is 2.37. The molecule has 0 fully saturated rings. The second-order valence-electron chi connectivity index (χ2n) is 5.05. The molecule has 0 spiro atoms. The van der Waals surface area contributed by atoms with Gasteiger partial charge in [-0.2, -0.15) is 0 Å². The average Bonchev–Trinajstić information content (AvgIpc) is 2.60. The number of aryl methyl sites for hydroxylation is 1. The van der Waals surface area contributed by atoms with E-state index in [4.69, 9.17) is 4.74 Å². The monoisotopic (exact) mass is 349 g/mol. The molecule has 0 aliphatic heterocycles. The normalized spacial score (nSPS) is 11.0. The van der Waals surface area contributed by atoms with E-state index in [0.29, 0.717) is 17.0 Å². The Morgan fingerprint density at radius 1 is 1.08 bits per heavy atom. The molecule has 0 bridgehead atoms. The molecule has 0 N–H and O–H groups in total. The topological polar surface area (TPSA) is 72.9 Å². The van der Waals surface area contributed by atoms with Gasteiger partial charge in [-0.05, 0) is 30.7 Å². The smallest absolute Gasteiger partial charge is 0.326 e. The summed E-state index contributed by atoms with van der Waals surface area (Å²) in [5.41, 5.74) is 1.06. The molecule has 2 rings (SSSR count). The first kappa shape index (κ1) is 17.8. The van der Waals surface area contributed by atoms with E-state index in [1.807, 2.05) is 0 Å². The highest BCUT2D eigenvalue weighted by Gasteiger charge is 2.28. The quantitative estimate of drug-likeness (QED) is 0.749. The maximum absolute atomic E-state index is 13.0. The number of carbonyl (C=O) groups is 1. The van der Waals surface area contributed by atoms with Crippen LogP contribution in [0.4, 0.5) is 5.69 Å². The number of rotatable bonds is 6. The summed E-state index contributed by atoms with van der Waals surface area (Å²) in [6, 6.07) is 13.0. The number of carbonyl (C=O) groups excluding carboxylic acids is 1. The Morgan fingerprint density at radius 2 is 1.75 bits per heavy atom. The van der Waals surface area contributed by atoms with Crippen LogP contribution in [0.15, 0.2) is 53.4 Å². The molecule has 0 aliphatic carbocycles. The van der Waals surface area contributed by atoms with Crippen molar-refractivity contribution in [1.82, 2.24) is 0 Å². The van der Waals surface area contributed by atoms with Crippen LogP contribution in [0.3, 0.4) is 0 Å². The van der Waals surface area contributed by atoms with Gasteiger partial charge in [-0.1, -0.05) is 24.3 Å². The minimum Gasteiger partial charge on any atom is -0.497 e. The van der Waals surface area contributed by atoms with Gasteiger partial charge in [-0.3, -0.25) is 9.10 Å². The lowest BCUT2D eigenvalue weighted by atomic mass is 10.2. The molecule has 0 heterocycles. The van der Waals surface area contributed by atoms with Crippen molar-refractivity contribution in [2.24, 2.45) is 0 Å². The van der Waals surface area contributed by atoms with Crippen LogP contribution in [0.5, 0.6) is 5.75 Å². The van der Waals surface area contributed by atoms with Crippen LogP contribution in [0, 0.1) is 6.92 Å². The molecule has 24 heavy (non-hydrogen) atoms. The molecule has 0 saturated heterocycles. The molecule has 128 valence electrons. The summed E-state index contributed by atoms with van der Waals surface area (Å²) in [5.74, 6) is -0.162. The molecule has 0 radical (unpaired) electrons. The molecule has 0 amide bonds. The molecule has 6 nitrogen and oxygen atoms in total. The van der Waals surface area contributed by atoms with E-state index in [0.717, 1.165) is 4.31 Å². The van der Waals surface area contributed by atoms with E-state index in [-0.39, 0.29) is 4.90 Å². The largest absolute Gasteiger partial charge is 0.497 e. The number of benzene rings is 2. The lowest BCUT2D eigenvalue weighted by Gasteiger charge is -2.25. The van der Waals surface area contributed by atoms with E-state index in [1.165, 1.54) is 26.4 Å². The maximum Gasteiger partial charge on any atom is 0.326 e. The molecule has 0 aliphatic rings. The highest BCUT2D eigenvalue weighted by Crippen LogP contribution is 2.30. The van der Waals surface area contributed by atoms with Gasteiger partial charge < -0.3 is 9.47 Å². The van der Waals surface area contributed by atoms with Crippen LogP contribution < -0.4 is 9.04 Å². The lowest BCUT2D eigenvalue weighted by molar-refractivity contribution is -0.138. The average molecular weight is 349 g/mol. The van der Waals surface area contributed by atoms with Crippen LogP contribution in [-0.2, 0) is 19.6 Å². The van der Waals surface area contributed by atoms with Crippen molar-refractivity contribution < 1.29 is 22.7 Å². The molecule has 2 aromatic carbocycles. The van der Waals surface area contributed by atoms with Gasteiger partial charge in [0.15, 0.2) is 0 Å². The van der Waals surface area contributed by atoms with Gasteiger partial charge in [0, 0.05) is 6.07 Å². The van der Waals surface area contributed by atoms with Crippen LogP contribution >= 0.6 is 0 Å². The van der Waals surface area contributed by atoms with E-state index >= 15 is 0 Å². The van der Waals surface area contributed by atoms with E-state index < -0.39 is 22.5 Å². The third-order valence-corrected chi connectivity index (χ3v) is 5.29. The lowest BCUT2D eigenvalue weighted by Crippen LogP contribution is -2.36. The standard InChI is InChI=1S/C17H19NO5S/c1-13-9-10-14(22-2)11-16(13)18(12-17(19)23-3)24(20,21)15-7-5-4-6-8-15/h4-11H,12H2,1-3H3. The van der Waals surface area contributed by atoms with Crippen molar-refractivity contribution >= 4 is 21.7 Å². The number of hydrogen-bond acceptors (Lipinski definition) is 5. The van der Waals surface area contributed by atoms with Crippen molar-refractivity contribution in [3.05, 3.63) is 54.1 Å². The molecule has 2 aromatic rings. The van der Waals surface area contributed by atoms with Crippen molar-refractivity contribution in [3.63, 3.8) is 0 Å². The van der Waals surface area contributed by atoms with Gasteiger partial charge in [0.2, 0.25) is 0 Å². The van der Waals surface area contributed by atoms with E-state index in [2.05, 4.69) is 4.74 Å². The summed E-state index contributed by atoms with van der Waals surface area (Å²) in [6.07, 6.45) is 0. The fraction of sp³-hybridized carbons (Fsp3) is 0.235. The number of hydrogen-bond donors (Lipinski definition) is 0. The Labute approximate surface area is 141 Å². The van der Waals surface area contributed by atoms with Crippen molar-refractivity contribution in [2.75, 3.05) is 25.1 Å². The number of anilines is 1. The van der Waals surface area contributed by atoms with Crippen LogP contribution in [0.1, 0.15) is 5.56 Å². The number of esters is 1. The number of ether oxygens (including phenoxy) is 2. The zero-order valence-electron chi connectivity index (χ0n) is 13.7. The van der Waals surface area contributed by atoms with Crippen LogP contribution in [0.25, 0.3) is 0 Å². The Morgan fingerprint density at radius 3 is 2.33 bits per heavy atom. The first-order chi connectivity index (χ1) is 11.4. The second-order valence-corrected chi connectivity index (χ2v) is 6.92. The summed E-state index contributed by atoms with van der Waals surface area (Å²) in [5, 5.41) is 0. The van der Waals surface area contributed by atoms with Crippen molar-refractivity contribution in [1.29, 1.82) is 0 Å². The summed E-state index contributed by atoms with van der Waals surface area (Å²) in [6.45, 7) is 1.33. The second kappa shape index (κ2) is 7.35. The summed E-state index contributed by atoms with van der Waals surface area (Å²) in [4.78, 5) is 11.9. The first-order valence-corrected chi connectivity index (χ1v) is 8.63. The minimum absolute atomic E-state index is 0.0936. The summed E-state index contributed by atoms with van der Waals surface area (Å²) < 4.78 is 36.9. The Hall–Kier alpha value is -2.54. The third kappa shape index (κ3) is 3.68. The molecular formula is C17H19NO5S. The van der Waals surface area contributed by atoms with Gasteiger partial charge in [0.25, 0.3) is 10.0 Å². The summed E-state index contributed by atoms with van der Waals surface area (Å²) >= 11 is 0. The van der Waals surface area contributed by atoms with Gasteiger partial charge in [0.1, 0.15) is 12.3 Å². The van der Waals surface area contributed by atoms with Gasteiger partial charge in [-0.15, -0.1) is 0 Å². The van der Waals surface area contributed by atoms with Gasteiger partial charge in [0.05, 0.1) is 24.8 Å². The Kier molecular flexibility index (Phi) is 5.46. The number of sulfonamides is 1. The molecular weight excluding hydrogens is 330 g/mol. The summed E-state index contributed by atoms with van der Waals surface area (Å²) in [7, 11) is -1.22. The Balaban J connectivity index is 2.60. The van der Waals surface area contributed by atoms with E-state index in [1.54, 1.807) is 43.3 Å². The van der Waals surface area contributed by atoms with E-state index in [9.17, 15) is 13.2 Å². The molecule has 7 heteroatoms. The van der Waals surface area contributed by atoms with Crippen molar-refractivity contribution in [2.45, 2.75) is 11.8 Å². The van der Waals surface area contributed by atoms with Gasteiger partial charge in [-0.25, -0.2) is 8.42 Å². The fourth-order valence-electron chi connectivity index (χ4n) is 2.19. The first-order valence-electron chi connectivity index (χ1n) is 7.19. The van der Waals surface area contributed by atoms with Gasteiger partial charge >= 0.3 is 5.97 Å². The SMILES string of the molecule is COC(=O)CN(c1cc(OC)ccc1C)S(=O)(=O)c1ccccc1. The zero-order valence-corrected chi connectivity index (χ0v) is 14.5. The minimum atomic E-state index is -3.93. The molecule has 0 aromatic heterocycles. The van der Waals surface area contributed by atoms with Crippen molar-refractivity contribution in [3.8, 4) is 5.75 Å². The predicted molar refractivity (Wildman–Crippen MR) is 90.7 cm³/mol. The highest BCUT2D eigenvalue weighted by molar-refractivity contribution is 7.92. The molecule has 0 saturated carbocycles. The number of methoxy groups -OCH3 is 2. The maximum atomic E-state index is 13.0. The number of nitrogens with zero attached hydrogens (tertiary/aromatic N) is 1. The Bertz CT molecular complexity index is 818. The molecule has 0 unspecified atom stereocenters.